The first-order valence-electron chi connectivity index (χ1n) is 6.18. The molecule has 2 nitrogen and oxygen atoms in total. The second kappa shape index (κ2) is 6.02. The molecule has 0 N–H and O–H groups in total. The van der Waals surface area contributed by atoms with Gasteiger partial charge in [-0.05, 0) is 31.4 Å². The Labute approximate surface area is 116 Å². The molecule has 0 aliphatic carbocycles. The Morgan fingerprint density at radius 2 is 2.11 bits per heavy atom. The van der Waals surface area contributed by atoms with E-state index in [9.17, 15) is 4.39 Å². The summed E-state index contributed by atoms with van der Waals surface area (Å²) in [5.41, 5.74) is 0.753. The minimum absolute atomic E-state index is 0.111. The van der Waals surface area contributed by atoms with Crippen LogP contribution in [-0.2, 0) is 4.74 Å². The Morgan fingerprint density at radius 1 is 1.39 bits per heavy atom. The van der Waals surface area contributed by atoms with Gasteiger partial charge in [-0.15, -0.1) is 0 Å². The molecule has 0 radical (unpaired) electrons. The van der Waals surface area contributed by atoms with Crippen molar-refractivity contribution in [3.05, 3.63) is 29.6 Å². The summed E-state index contributed by atoms with van der Waals surface area (Å²) in [6, 6.07) is 5.02. The maximum Gasteiger partial charge on any atom is 0.129 e. The van der Waals surface area contributed by atoms with Crippen molar-refractivity contribution in [3.63, 3.8) is 0 Å². The molecule has 0 amide bonds. The summed E-state index contributed by atoms with van der Waals surface area (Å²) < 4.78 is 24.5. The fourth-order valence-corrected chi connectivity index (χ4v) is 2.74. The van der Waals surface area contributed by atoms with Gasteiger partial charge in [0.1, 0.15) is 11.6 Å². The molecule has 4 heteroatoms. The molecule has 1 aliphatic rings. The van der Waals surface area contributed by atoms with Gasteiger partial charge in [-0.1, -0.05) is 22.0 Å². The van der Waals surface area contributed by atoms with E-state index in [1.807, 2.05) is 6.07 Å². The zero-order valence-electron chi connectivity index (χ0n) is 10.5. The van der Waals surface area contributed by atoms with E-state index in [-0.39, 0.29) is 11.2 Å². The number of hydrogen-bond acceptors (Lipinski definition) is 2. The lowest BCUT2D eigenvalue weighted by Crippen LogP contribution is -2.36. The summed E-state index contributed by atoms with van der Waals surface area (Å²) in [5, 5.41) is 0.887. The number of halogens is 2. The van der Waals surface area contributed by atoms with Crippen LogP contribution in [0.2, 0.25) is 0 Å². The summed E-state index contributed by atoms with van der Waals surface area (Å²) in [6.45, 7) is 3.90. The van der Waals surface area contributed by atoms with Crippen LogP contribution in [0.5, 0.6) is 5.75 Å². The Hall–Kier alpha value is -0.610. The first-order valence-corrected chi connectivity index (χ1v) is 7.30. The third-order valence-electron chi connectivity index (χ3n) is 3.53. The minimum atomic E-state index is -0.215. The first-order chi connectivity index (χ1) is 8.65. The van der Waals surface area contributed by atoms with Crippen LogP contribution < -0.4 is 4.74 Å². The van der Waals surface area contributed by atoms with Gasteiger partial charge in [0.25, 0.3) is 0 Å². The molecule has 2 rings (SSSR count). The first kappa shape index (κ1) is 13.8. The molecule has 0 spiro atoms. The lowest BCUT2D eigenvalue weighted by molar-refractivity contribution is 0.00349. The van der Waals surface area contributed by atoms with E-state index in [2.05, 4.69) is 15.9 Å². The van der Waals surface area contributed by atoms with Crippen LogP contribution in [0.25, 0.3) is 0 Å². The third kappa shape index (κ3) is 3.23. The zero-order chi connectivity index (χ0) is 13.0. The molecular weight excluding hydrogens is 299 g/mol. The summed E-state index contributed by atoms with van der Waals surface area (Å²) in [4.78, 5) is 0. The summed E-state index contributed by atoms with van der Waals surface area (Å²) in [7, 11) is 0. The highest BCUT2D eigenvalue weighted by atomic mass is 79.9. The Morgan fingerprint density at radius 3 is 2.72 bits per heavy atom. The van der Waals surface area contributed by atoms with Crippen LogP contribution in [0.3, 0.4) is 0 Å². The highest BCUT2D eigenvalue weighted by Gasteiger charge is 2.32. The van der Waals surface area contributed by atoms with Crippen LogP contribution in [0.1, 0.15) is 18.4 Å². The largest absolute Gasteiger partial charge is 0.493 e. The number of ether oxygens (including phenoxy) is 2. The van der Waals surface area contributed by atoms with E-state index >= 15 is 0 Å². The highest BCUT2D eigenvalue weighted by Crippen LogP contribution is 2.33. The molecule has 0 unspecified atom stereocenters. The number of benzene rings is 1. The van der Waals surface area contributed by atoms with Crippen LogP contribution in [0.15, 0.2) is 18.2 Å². The Kier molecular flexibility index (Phi) is 4.62. The average Bonchev–Trinajstić information content (AvgIpc) is 2.41. The molecule has 1 heterocycles. The predicted octanol–water partition coefficient (Wildman–Crippen LogP) is 3.70. The molecule has 1 aliphatic heterocycles. The maximum atomic E-state index is 13.4. The van der Waals surface area contributed by atoms with Crippen LogP contribution in [-0.4, -0.2) is 25.2 Å². The molecule has 100 valence electrons. The van der Waals surface area contributed by atoms with Gasteiger partial charge in [-0.25, -0.2) is 4.39 Å². The number of hydrogen-bond donors (Lipinski definition) is 0. The SMILES string of the molecule is Cc1ccc(OCC2(CBr)CCOCC2)cc1F. The van der Waals surface area contributed by atoms with Crippen molar-refractivity contribution in [1.82, 2.24) is 0 Å². The van der Waals surface area contributed by atoms with Crippen molar-refractivity contribution in [2.24, 2.45) is 5.41 Å². The fraction of sp³-hybridized carbons (Fsp3) is 0.571. The van der Waals surface area contributed by atoms with Crippen molar-refractivity contribution in [1.29, 1.82) is 0 Å². The standard InChI is InChI=1S/C14H18BrFO2/c1-11-2-3-12(8-13(11)16)18-10-14(9-15)4-6-17-7-5-14/h2-3,8H,4-7,9-10H2,1H3. The zero-order valence-corrected chi connectivity index (χ0v) is 12.1. The smallest absolute Gasteiger partial charge is 0.129 e. The molecule has 0 saturated carbocycles. The van der Waals surface area contributed by atoms with Crippen LogP contribution in [0, 0.1) is 18.2 Å². The molecule has 1 fully saturated rings. The van der Waals surface area contributed by atoms with E-state index in [1.165, 1.54) is 6.07 Å². The predicted molar refractivity (Wildman–Crippen MR) is 72.9 cm³/mol. The summed E-state index contributed by atoms with van der Waals surface area (Å²) in [5.74, 6) is 0.386. The second-order valence-electron chi connectivity index (χ2n) is 4.95. The fourth-order valence-electron chi connectivity index (χ4n) is 2.02. The molecule has 1 saturated heterocycles. The number of aryl methyl sites for hydroxylation is 1. The highest BCUT2D eigenvalue weighted by molar-refractivity contribution is 9.09. The van der Waals surface area contributed by atoms with E-state index in [0.29, 0.717) is 17.9 Å². The molecule has 0 aromatic heterocycles. The molecule has 0 atom stereocenters. The van der Waals surface area contributed by atoms with Gasteiger partial charge in [0.15, 0.2) is 0 Å². The van der Waals surface area contributed by atoms with E-state index in [1.54, 1.807) is 13.0 Å². The van der Waals surface area contributed by atoms with Gasteiger partial charge in [0, 0.05) is 30.0 Å². The van der Waals surface area contributed by atoms with E-state index < -0.39 is 0 Å². The molecule has 1 aromatic rings. The maximum absolute atomic E-state index is 13.4. The summed E-state index contributed by atoms with van der Waals surface area (Å²) >= 11 is 3.56. The molecule has 1 aromatic carbocycles. The third-order valence-corrected chi connectivity index (χ3v) is 4.71. The van der Waals surface area contributed by atoms with Gasteiger partial charge in [0.2, 0.25) is 0 Å². The van der Waals surface area contributed by atoms with Crippen LogP contribution in [0.4, 0.5) is 4.39 Å². The van der Waals surface area contributed by atoms with Crippen molar-refractivity contribution in [3.8, 4) is 5.75 Å². The summed E-state index contributed by atoms with van der Waals surface area (Å²) in [6.07, 6.45) is 1.96. The van der Waals surface area contributed by atoms with Gasteiger partial charge >= 0.3 is 0 Å². The Balaban J connectivity index is 1.98. The monoisotopic (exact) mass is 316 g/mol. The van der Waals surface area contributed by atoms with Gasteiger partial charge in [-0.2, -0.15) is 0 Å². The lowest BCUT2D eigenvalue weighted by Gasteiger charge is -2.35. The lowest BCUT2D eigenvalue weighted by atomic mass is 9.83. The van der Waals surface area contributed by atoms with Crippen molar-refractivity contribution in [2.75, 3.05) is 25.2 Å². The normalized spacial score (nSPS) is 18.6. The number of rotatable bonds is 4. The van der Waals surface area contributed by atoms with Crippen LogP contribution >= 0.6 is 15.9 Å². The number of alkyl halides is 1. The van der Waals surface area contributed by atoms with Gasteiger partial charge in [0.05, 0.1) is 6.61 Å². The van der Waals surface area contributed by atoms with Gasteiger partial charge in [-0.3, -0.25) is 0 Å². The van der Waals surface area contributed by atoms with Crippen molar-refractivity contribution >= 4 is 15.9 Å². The average molecular weight is 317 g/mol. The Bertz CT molecular complexity index is 403. The topological polar surface area (TPSA) is 18.5 Å². The van der Waals surface area contributed by atoms with E-state index in [0.717, 1.165) is 31.4 Å². The van der Waals surface area contributed by atoms with Crippen molar-refractivity contribution in [2.45, 2.75) is 19.8 Å². The minimum Gasteiger partial charge on any atom is -0.493 e. The van der Waals surface area contributed by atoms with Crippen molar-refractivity contribution < 1.29 is 13.9 Å². The molecular formula is C14H18BrFO2. The van der Waals surface area contributed by atoms with Gasteiger partial charge < -0.3 is 9.47 Å². The quantitative estimate of drug-likeness (QED) is 0.788. The second-order valence-corrected chi connectivity index (χ2v) is 5.51. The van der Waals surface area contributed by atoms with E-state index in [4.69, 9.17) is 9.47 Å². The molecule has 18 heavy (non-hydrogen) atoms. The molecule has 0 bridgehead atoms.